The van der Waals surface area contributed by atoms with E-state index in [1.54, 1.807) is 12.1 Å². The van der Waals surface area contributed by atoms with E-state index in [1.165, 1.54) is 48.7 Å². The van der Waals surface area contributed by atoms with Crippen LogP contribution in [-0.4, -0.2) is 14.3 Å². The summed E-state index contributed by atoms with van der Waals surface area (Å²) < 4.78 is 46.7. The maximum atomic E-state index is 13.9. The van der Waals surface area contributed by atoms with Crippen LogP contribution in [0.1, 0.15) is 16.1 Å². The maximum Gasteiger partial charge on any atom is 0.258 e. The van der Waals surface area contributed by atoms with Crippen LogP contribution in [0.2, 0.25) is 0 Å². The van der Waals surface area contributed by atoms with Crippen LogP contribution in [0.5, 0.6) is 0 Å². The molecular formula is C18H14BrFN2O4S. The second-order valence-electron chi connectivity index (χ2n) is 5.51. The van der Waals surface area contributed by atoms with Gasteiger partial charge in [0.15, 0.2) is 0 Å². The minimum Gasteiger partial charge on any atom is -0.468 e. The molecule has 2 N–H and O–H groups in total. The largest absolute Gasteiger partial charge is 0.468 e. The van der Waals surface area contributed by atoms with E-state index in [2.05, 4.69) is 26.0 Å². The lowest BCUT2D eigenvalue weighted by Gasteiger charge is -2.09. The molecule has 0 unspecified atom stereocenters. The molecule has 0 aliphatic carbocycles. The third-order valence-corrected chi connectivity index (χ3v) is 5.49. The number of hydrogen-bond donors (Lipinski definition) is 2. The fraction of sp³-hybridized carbons (Fsp3) is 0.0556. The predicted molar refractivity (Wildman–Crippen MR) is 101 cm³/mol. The summed E-state index contributed by atoms with van der Waals surface area (Å²) in [6.45, 7) is -0.00394. The number of carbonyl (C=O) groups excluding carboxylic acids is 1. The van der Waals surface area contributed by atoms with E-state index in [1.807, 2.05) is 0 Å². The number of rotatable bonds is 6. The number of carbonyl (C=O) groups is 1. The van der Waals surface area contributed by atoms with Crippen LogP contribution in [0, 0.1) is 5.82 Å². The van der Waals surface area contributed by atoms with E-state index >= 15 is 0 Å². The van der Waals surface area contributed by atoms with Gasteiger partial charge in [0.25, 0.3) is 5.91 Å². The minimum atomic E-state index is -3.81. The second kappa shape index (κ2) is 8.03. The van der Waals surface area contributed by atoms with Crippen molar-refractivity contribution >= 4 is 37.5 Å². The first kappa shape index (κ1) is 19.3. The van der Waals surface area contributed by atoms with Gasteiger partial charge in [-0.25, -0.2) is 17.5 Å². The number of hydrogen-bond acceptors (Lipinski definition) is 4. The first-order chi connectivity index (χ1) is 12.8. The summed E-state index contributed by atoms with van der Waals surface area (Å²) in [5, 5.41) is 2.50. The van der Waals surface area contributed by atoms with E-state index < -0.39 is 21.7 Å². The normalized spacial score (nSPS) is 11.3. The van der Waals surface area contributed by atoms with Crippen molar-refractivity contribution in [3.05, 3.63) is 82.5 Å². The Hall–Kier alpha value is -2.49. The quantitative estimate of drug-likeness (QED) is 0.593. The summed E-state index contributed by atoms with van der Waals surface area (Å²) in [5.41, 5.74) is 0.0746. The van der Waals surface area contributed by atoms with E-state index in [0.29, 0.717) is 10.2 Å². The van der Waals surface area contributed by atoms with E-state index in [9.17, 15) is 17.6 Å². The summed E-state index contributed by atoms with van der Waals surface area (Å²) in [6.07, 6.45) is 1.45. The third kappa shape index (κ3) is 4.82. The fourth-order valence-electron chi connectivity index (χ4n) is 2.28. The van der Waals surface area contributed by atoms with Gasteiger partial charge in [-0.05, 0) is 48.5 Å². The molecule has 0 radical (unpaired) electrons. The zero-order valence-electron chi connectivity index (χ0n) is 13.8. The van der Waals surface area contributed by atoms with Crippen LogP contribution in [0.4, 0.5) is 10.1 Å². The SMILES string of the molecule is O=C(Nc1cccc(S(=O)(=O)NCc2ccco2)c1)c1ccc(Br)cc1F. The average molecular weight is 453 g/mol. The van der Waals surface area contributed by atoms with Gasteiger partial charge in [-0.3, -0.25) is 4.79 Å². The molecule has 3 aromatic rings. The Morgan fingerprint density at radius 2 is 1.93 bits per heavy atom. The second-order valence-corrected chi connectivity index (χ2v) is 8.19. The Labute approximate surface area is 163 Å². The number of furan rings is 1. The summed E-state index contributed by atoms with van der Waals surface area (Å²) in [5.74, 6) is -0.905. The van der Waals surface area contributed by atoms with Crippen LogP contribution in [0.3, 0.4) is 0 Å². The Morgan fingerprint density at radius 1 is 1.11 bits per heavy atom. The number of nitrogens with one attached hydrogen (secondary N) is 2. The minimum absolute atomic E-state index is 0.00394. The highest BCUT2D eigenvalue weighted by molar-refractivity contribution is 9.10. The van der Waals surface area contributed by atoms with Crippen molar-refractivity contribution in [2.45, 2.75) is 11.4 Å². The Kier molecular flexibility index (Phi) is 5.73. The van der Waals surface area contributed by atoms with Crippen molar-refractivity contribution in [3.8, 4) is 0 Å². The van der Waals surface area contributed by atoms with Gasteiger partial charge in [0.1, 0.15) is 11.6 Å². The predicted octanol–water partition coefficient (Wildman–Crippen LogP) is 3.91. The number of amides is 1. The molecule has 0 aliphatic heterocycles. The maximum absolute atomic E-state index is 13.9. The molecule has 9 heteroatoms. The molecule has 3 rings (SSSR count). The van der Waals surface area contributed by atoms with Gasteiger partial charge in [0.05, 0.1) is 23.3 Å². The van der Waals surface area contributed by atoms with Crippen LogP contribution in [0.15, 0.2) is 74.6 Å². The topological polar surface area (TPSA) is 88.4 Å². The smallest absolute Gasteiger partial charge is 0.258 e. The Balaban J connectivity index is 1.75. The van der Waals surface area contributed by atoms with Gasteiger partial charge in [-0.2, -0.15) is 0 Å². The average Bonchev–Trinajstić information content (AvgIpc) is 3.14. The van der Waals surface area contributed by atoms with Gasteiger partial charge in [-0.1, -0.05) is 22.0 Å². The van der Waals surface area contributed by atoms with Gasteiger partial charge in [0.2, 0.25) is 10.0 Å². The van der Waals surface area contributed by atoms with E-state index in [-0.39, 0.29) is 22.7 Å². The van der Waals surface area contributed by atoms with Gasteiger partial charge < -0.3 is 9.73 Å². The molecule has 0 spiro atoms. The Morgan fingerprint density at radius 3 is 2.63 bits per heavy atom. The van der Waals surface area contributed by atoms with Gasteiger partial charge in [-0.15, -0.1) is 0 Å². The molecule has 27 heavy (non-hydrogen) atoms. The van der Waals surface area contributed by atoms with Crippen molar-refractivity contribution in [1.82, 2.24) is 4.72 Å². The number of sulfonamides is 1. The van der Waals surface area contributed by atoms with E-state index in [4.69, 9.17) is 4.42 Å². The number of halogens is 2. The van der Waals surface area contributed by atoms with Crippen molar-refractivity contribution < 1.29 is 22.0 Å². The monoisotopic (exact) mass is 452 g/mol. The molecule has 140 valence electrons. The van der Waals surface area contributed by atoms with Gasteiger partial charge >= 0.3 is 0 Å². The van der Waals surface area contributed by atoms with Crippen LogP contribution < -0.4 is 10.0 Å². The first-order valence-electron chi connectivity index (χ1n) is 7.74. The fourth-order valence-corrected chi connectivity index (χ4v) is 3.65. The lowest BCUT2D eigenvalue weighted by Crippen LogP contribution is -2.23. The molecule has 0 aliphatic rings. The summed E-state index contributed by atoms with van der Waals surface area (Å²) >= 11 is 3.12. The lowest BCUT2D eigenvalue weighted by molar-refractivity contribution is 0.102. The molecule has 0 bridgehead atoms. The standard InChI is InChI=1S/C18H14BrFN2O4S/c19-12-6-7-16(17(20)9-12)18(23)22-13-3-1-5-15(10-13)27(24,25)21-11-14-4-2-8-26-14/h1-10,21H,11H2,(H,22,23). The molecule has 2 aromatic carbocycles. The summed E-state index contributed by atoms with van der Waals surface area (Å²) in [6, 6.07) is 13.0. The highest BCUT2D eigenvalue weighted by Crippen LogP contribution is 2.19. The molecule has 6 nitrogen and oxygen atoms in total. The van der Waals surface area contributed by atoms with Gasteiger partial charge in [0, 0.05) is 10.2 Å². The molecule has 1 heterocycles. The van der Waals surface area contributed by atoms with Crippen LogP contribution in [-0.2, 0) is 16.6 Å². The molecule has 0 fully saturated rings. The first-order valence-corrected chi connectivity index (χ1v) is 10.0. The van der Waals surface area contributed by atoms with E-state index in [0.717, 1.165) is 0 Å². The third-order valence-electron chi connectivity index (χ3n) is 3.59. The number of benzene rings is 2. The van der Waals surface area contributed by atoms with Crippen molar-refractivity contribution in [2.24, 2.45) is 0 Å². The van der Waals surface area contributed by atoms with Crippen LogP contribution in [0.25, 0.3) is 0 Å². The molecule has 0 saturated heterocycles. The molecular weight excluding hydrogens is 439 g/mol. The molecule has 0 atom stereocenters. The summed E-state index contributed by atoms with van der Waals surface area (Å²) in [4.78, 5) is 12.2. The summed E-state index contributed by atoms with van der Waals surface area (Å²) in [7, 11) is -3.81. The van der Waals surface area contributed by atoms with Crippen molar-refractivity contribution in [1.29, 1.82) is 0 Å². The highest BCUT2D eigenvalue weighted by atomic mass is 79.9. The zero-order chi connectivity index (χ0) is 19.4. The zero-order valence-corrected chi connectivity index (χ0v) is 16.2. The Bertz CT molecular complexity index is 1070. The van der Waals surface area contributed by atoms with Crippen molar-refractivity contribution in [2.75, 3.05) is 5.32 Å². The highest BCUT2D eigenvalue weighted by Gasteiger charge is 2.17. The molecule has 0 saturated carbocycles. The lowest BCUT2D eigenvalue weighted by atomic mass is 10.2. The van der Waals surface area contributed by atoms with Crippen molar-refractivity contribution in [3.63, 3.8) is 0 Å². The number of anilines is 1. The molecule has 1 amide bonds. The molecule has 1 aromatic heterocycles. The van der Waals surface area contributed by atoms with Crippen LogP contribution >= 0.6 is 15.9 Å².